The van der Waals surface area contributed by atoms with Crippen LogP contribution in [-0.2, 0) is 13.0 Å². The van der Waals surface area contributed by atoms with Gasteiger partial charge in [-0.3, -0.25) is 4.79 Å². The number of halogens is 1. The number of furan rings is 1. The Hall–Kier alpha value is -3.01. The molecule has 3 aromatic rings. The summed E-state index contributed by atoms with van der Waals surface area (Å²) in [7, 11) is 1.70. The number of carbonyl (C=O) groups excluding carboxylic acids is 1. The quantitative estimate of drug-likeness (QED) is 0.199. The third-order valence-corrected chi connectivity index (χ3v) is 4.84. The van der Waals surface area contributed by atoms with Crippen molar-refractivity contribution in [1.29, 1.82) is 0 Å². The van der Waals surface area contributed by atoms with Gasteiger partial charge in [0.15, 0.2) is 11.7 Å². The molecule has 0 aliphatic carbocycles. The van der Waals surface area contributed by atoms with Crippen LogP contribution in [0.25, 0.3) is 0 Å². The first-order chi connectivity index (χ1) is 15.6. The maximum Gasteiger partial charge on any atom is 0.291 e. The van der Waals surface area contributed by atoms with Crippen molar-refractivity contribution in [3.8, 4) is 5.75 Å². The molecule has 3 N–H and O–H groups in total. The van der Waals surface area contributed by atoms with Crippen molar-refractivity contribution in [3.05, 3.63) is 83.3 Å². The van der Waals surface area contributed by atoms with Gasteiger partial charge in [0.05, 0.1) is 19.9 Å². The van der Waals surface area contributed by atoms with Crippen molar-refractivity contribution in [2.75, 3.05) is 25.5 Å². The zero-order chi connectivity index (χ0) is 22.8. The summed E-state index contributed by atoms with van der Waals surface area (Å²) in [4.78, 5) is 16.7. The molecule has 33 heavy (non-hydrogen) atoms. The SMILES string of the molecule is CCNC(=NCc1ccc(NC(=O)c2ccco2)cc1)NCCc1cc(C)ccc1OC.I. The maximum atomic E-state index is 12.1. The van der Waals surface area contributed by atoms with Gasteiger partial charge in [0, 0.05) is 18.8 Å². The Balaban J connectivity index is 0.00000385. The Kier molecular flexibility index (Phi) is 10.8. The van der Waals surface area contributed by atoms with Gasteiger partial charge in [-0.15, -0.1) is 24.0 Å². The molecule has 1 aromatic heterocycles. The third-order valence-electron chi connectivity index (χ3n) is 4.84. The molecule has 0 atom stereocenters. The van der Waals surface area contributed by atoms with Crippen LogP contribution in [0.2, 0.25) is 0 Å². The largest absolute Gasteiger partial charge is 0.496 e. The van der Waals surface area contributed by atoms with Crippen molar-refractivity contribution >= 4 is 41.5 Å². The van der Waals surface area contributed by atoms with Crippen LogP contribution < -0.4 is 20.7 Å². The van der Waals surface area contributed by atoms with E-state index in [1.165, 1.54) is 17.4 Å². The average molecular weight is 562 g/mol. The lowest BCUT2D eigenvalue weighted by Crippen LogP contribution is -2.38. The number of amides is 1. The number of aryl methyl sites for hydroxylation is 1. The zero-order valence-corrected chi connectivity index (χ0v) is 21.5. The average Bonchev–Trinajstić information content (AvgIpc) is 3.34. The van der Waals surface area contributed by atoms with Crippen LogP contribution in [0.5, 0.6) is 5.75 Å². The predicted molar refractivity (Wildman–Crippen MR) is 143 cm³/mol. The number of benzene rings is 2. The predicted octanol–water partition coefficient (Wildman–Crippen LogP) is 4.76. The first-order valence-corrected chi connectivity index (χ1v) is 10.7. The summed E-state index contributed by atoms with van der Waals surface area (Å²) in [5.41, 5.74) is 4.13. The third kappa shape index (κ3) is 8.12. The molecule has 0 saturated heterocycles. The molecule has 0 saturated carbocycles. The van der Waals surface area contributed by atoms with E-state index in [0.717, 1.165) is 36.8 Å². The first kappa shape index (κ1) is 26.2. The first-order valence-electron chi connectivity index (χ1n) is 10.7. The fourth-order valence-corrected chi connectivity index (χ4v) is 3.22. The minimum atomic E-state index is -0.273. The number of ether oxygens (including phenoxy) is 1. The number of guanidine groups is 1. The van der Waals surface area contributed by atoms with Crippen LogP contribution in [-0.4, -0.2) is 32.1 Å². The second-order valence-electron chi connectivity index (χ2n) is 7.32. The highest BCUT2D eigenvalue weighted by atomic mass is 127. The van der Waals surface area contributed by atoms with E-state index in [1.807, 2.05) is 37.3 Å². The molecule has 3 rings (SSSR count). The molecule has 1 heterocycles. The topological polar surface area (TPSA) is 87.9 Å². The van der Waals surface area contributed by atoms with Crippen molar-refractivity contribution in [1.82, 2.24) is 10.6 Å². The van der Waals surface area contributed by atoms with E-state index in [-0.39, 0.29) is 35.6 Å². The lowest BCUT2D eigenvalue weighted by molar-refractivity contribution is 0.0996. The molecule has 0 bridgehead atoms. The Morgan fingerprint density at radius 3 is 2.55 bits per heavy atom. The van der Waals surface area contributed by atoms with Crippen molar-refractivity contribution in [2.24, 2.45) is 4.99 Å². The van der Waals surface area contributed by atoms with Crippen LogP contribution in [0.15, 0.2) is 70.3 Å². The monoisotopic (exact) mass is 562 g/mol. The van der Waals surface area contributed by atoms with E-state index in [9.17, 15) is 4.79 Å². The fraction of sp³-hybridized carbons (Fsp3) is 0.280. The molecular formula is C25H31IN4O3. The van der Waals surface area contributed by atoms with Crippen LogP contribution in [0.1, 0.15) is 34.2 Å². The van der Waals surface area contributed by atoms with Crippen LogP contribution in [0.4, 0.5) is 5.69 Å². The number of nitrogens with zero attached hydrogens (tertiary/aromatic N) is 1. The van der Waals surface area contributed by atoms with Crippen LogP contribution in [0.3, 0.4) is 0 Å². The molecule has 7 nitrogen and oxygen atoms in total. The molecule has 0 radical (unpaired) electrons. The Morgan fingerprint density at radius 1 is 1.09 bits per heavy atom. The number of methoxy groups -OCH3 is 1. The minimum Gasteiger partial charge on any atom is -0.496 e. The minimum absolute atomic E-state index is 0. The second-order valence-corrected chi connectivity index (χ2v) is 7.32. The van der Waals surface area contributed by atoms with E-state index in [2.05, 4.69) is 40.0 Å². The van der Waals surface area contributed by atoms with Gasteiger partial charge in [-0.2, -0.15) is 0 Å². The fourth-order valence-electron chi connectivity index (χ4n) is 3.22. The molecule has 176 valence electrons. The van der Waals surface area contributed by atoms with Crippen molar-refractivity contribution < 1.29 is 13.9 Å². The lowest BCUT2D eigenvalue weighted by atomic mass is 10.1. The summed E-state index contributed by atoms with van der Waals surface area (Å²) in [6.45, 7) is 6.16. The Labute approximate surface area is 212 Å². The molecule has 0 spiro atoms. The standard InChI is InChI=1S/C25H30N4O3.HI/c1-4-26-25(27-14-13-20-16-18(2)7-12-22(20)31-3)28-17-19-8-10-21(11-9-19)29-24(30)23-6-5-15-32-23;/h5-12,15-16H,4,13-14,17H2,1-3H3,(H,29,30)(H2,26,27,28);1H. The summed E-state index contributed by atoms with van der Waals surface area (Å²) in [6, 6.07) is 17.1. The molecular weight excluding hydrogens is 531 g/mol. The summed E-state index contributed by atoms with van der Waals surface area (Å²) >= 11 is 0. The zero-order valence-electron chi connectivity index (χ0n) is 19.2. The van der Waals surface area contributed by atoms with Crippen LogP contribution >= 0.6 is 24.0 Å². The summed E-state index contributed by atoms with van der Waals surface area (Å²) in [5, 5.41) is 9.46. The number of rotatable bonds is 9. The number of nitrogens with one attached hydrogen (secondary N) is 3. The highest BCUT2D eigenvalue weighted by Crippen LogP contribution is 2.19. The summed E-state index contributed by atoms with van der Waals surface area (Å²) in [6.07, 6.45) is 2.31. The molecule has 0 aliphatic rings. The Morgan fingerprint density at radius 2 is 1.88 bits per heavy atom. The smallest absolute Gasteiger partial charge is 0.291 e. The molecule has 2 aromatic carbocycles. The highest BCUT2D eigenvalue weighted by molar-refractivity contribution is 14.0. The van der Waals surface area contributed by atoms with Gasteiger partial charge < -0.3 is 25.1 Å². The number of carbonyl (C=O) groups is 1. The van der Waals surface area contributed by atoms with Crippen molar-refractivity contribution in [3.63, 3.8) is 0 Å². The van der Waals surface area contributed by atoms with Gasteiger partial charge >= 0.3 is 0 Å². The molecule has 1 amide bonds. The van der Waals surface area contributed by atoms with E-state index in [1.54, 1.807) is 19.2 Å². The molecule has 0 aliphatic heterocycles. The highest BCUT2D eigenvalue weighted by Gasteiger charge is 2.08. The van der Waals surface area contributed by atoms with Gasteiger partial charge in [-0.1, -0.05) is 29.8 Å². The van der Waals surface area contributed by atoms with Gasteiger partial charge in [0.25, 0.3) is 5.91 Å². The molecule has 8 heteroatoms. The number of anilines is 1. The normalized spacial score (nSPS) is 10.8. The van der Waals surface area contributed by atoms with Crippen molar-refractivity contribution in [2.45, 2.75) is 26.8 Å². The Bertz CT molecular complexity index is 1030. The molecule has 0 fully saturated rings. The van der Waals surface area contributed by atoms with Crippen LogP contribution in [0, 0.1) is 6.92 Å². The number of aliphatic imine (C=N–C) groups is 1. The number of hydrogen-bond donors (Lipinski definition) is 3. The number of hydrogen-bond acceptors (Lipinski definition) is 4. The summed E-state index contributed by atoms with van der Waals surface area (Å²) < 4.78 is 10.6. The second kappa shape index (κ2) is 13.5. The van der Waals surface area contributed by atoms with E-state index >= 15 is 0 Å². The van der Waals surface area contributed by atoms with Gasteiger partial charge in [-0.25, -0.2) is 4.99 Å². The van der Waals surface area contributed by atoms with Gasteiger partial charge in [0.1, 0.15) is 5.75 Å². The van der Waals surface area contributed by atoms with Gasteiger partial charge in [-0.05, 0) is 61.7 Å². The van der Waals surface area contributed by atoms with E-state index < -0.39 is 0 Å². The lowest BCUT2D eigenvalue weighted by Gasteiger charge is -2.13. The molecule has 0 unspecified atom stereocenters. The summed E-state index contributed by atoms with van der Waals surface area (Å²) in [5.74, 6) is 1.67. The maximum absolute atomic E-state index is 12.1. The van der Waals surface area contributed by atoms with Gasteiger partial charge in [0.2, 0.25) is 0 Å². The van der Waals surface area contributed by atoms with E-state index in [0.29, 0.717) is 12.2 Å². The van der Waals surface area contributed by atoms with E-state index in [4.69, 9.17) is 9.15 Å².